The number of carbonyl (C=O) groups is 2. The summed E-state index contributed by atoms with van der Waals surface area (Å²) in [5.41, 5.74) is 1.00. The van der Waals surface area contributed by atoms with E-state index in [9.17, 15) is 18.4 Å². The summed E-state index contributed by atoms with van der Waals surface area (Å²) in [4.78, 5) is 23.7. The molecule has 0 radical (unpaired) electrons. The summed E-state index contributed by atoms with van der Waals surface area (Å²) in [5, 5.41) is 16.6. The molecule has 2 saturated carbocycles. The lowest BCUT2D eigenvalue weighted by Gasteiger charge is -2.57. The molecule has 9 heteroatoms. The van der Waals surface area contributed by atoms with E-state index in [4.69, 9.17) is 5.11 Å². The molecule has 1 spiro atoms. The number of aryl methyl sites for hydroxylation is 1. The van der Waals surface area contributed by atoms with E-state index in [0.29, 0.717) is 17.4 Å². The lowest BCUT2D eigenvalue weighted by molar-refractivity contribution is -0.142. The largest absolute Gasteiger partial charge is 0.481 e. The van der Waals surface area contributed by atoms with E-state index in [1.807, 2.05) is 6.92 Å². The number of rotatable bonds is 7. The smallest absolute Gasteiger partial charge is 0.387 e. The summed E-state index contributed by atoms with van der Waals surface area (Å²) in [6, 6.07) is 2.78. The average Bonchev–Trinajstić information content (AvgIpc) is 2.99. The second kappa shape index (κ2) is 7.27. The van der Waals surface area contributed by atoms with Crippen LogP contribution >= 0.6 is 0 Å². The standard InChI is InChI=1S/C20H23F2N3O4/c1-2-25-17-12(10-23-25)4-14(29-19(21)22)5-15(17)18(28)24-13-8-20(9-13)6-11(7-20)3-16(26)27/h4-5,10-11,13,19H,2-3,6-9H2,1H3,(H,24,28)(H,26,27). The first-order valence-electron chi connectivity index (χ1n) is 9.75. The molecule has 0 aliphatic heterocycles. The number of carbonyl (C=O) groups excluding carboxylic acids is 1. The van der Waals surface area contributed by atoms with E-state index in [-0.39, 0.29) is 41.0 Å². The maximum absolute atomic E-state index is 12.9. The van der Waals surface area contributed by atoms with Crippen LogP contribution in [-0.4, -0.2) is 39.4 Å². The van der Waals surface area contributed by atoms with Gasteiger partial charge in [-0.3, -0.25) is 14.3 Å². The summed E-state index contributed by atoms with van der Waals surface area (Å²) in [6.07, 6.45) is 5.14. The molecular weight excluding hydrogens is 384 g/mol. The van der Waals surface area contributed by atoms with Crippen LogP contribution in [0.4, 0.5) is 8.78 Å². The number of hydrogen-bond donors (Lipinski definition) is 2. The number of alkyl halides is 2. The molecule has 156 valence electrons. The number of fused-ring (bicyclic) bond motifs is 1. The minimum atomic E-state index is -2.98. The number of hydrogen-bond acceptors (Lipinski definition) is 4. The summed E-state index contributed by atoms with van der Waals surface area (Å²) >= 11 is 0. The number of carboxylic acids is 1. The molecular formula is C20H23F2N3O4. The summed E-state index contributed by atoms with van der Waals surface area (Å²) < 4.78 is 31.5. The maximum atomic E-state index is 12.9. The number of carboxylic acid groups (broad SMARTS) is 1. The van der Waals surface area contributed by atoms with E-state index in [0.717, 1.165) is 25.7 Å². The summed E-state index contributed by atoms with van der Waals surface area (Å²) in [6.45, 7) is -0.554. The fourth-order valence-electron chi connectivity index (χ4n) is 5.03. The molecule has 2 aromatic rings. The first-order valence-corrected chi connectivity index (χ1v) is 9.75. The quantitative estimate of drug-likeness (QED) is 0.734. The fourth-order valence-corrected chi connectivity index (χ4v) is 5.03. The van der Waals surface area contributed by atoms with Crippen molar-refractivity contribution in [3.8, 4) is 5.75 Å². The van der Waals surface area contributed by atoms with Crippen LogP contribution in [0.5, 0.6) is 5.75 Å². The molecule has 2 aliphatic carbocycles. The zero-order chi connectivity index (χ0) is 20.8. The van der Waals surface area contributed by atoms with Gasteiger partial charge >= 0.3 is 12.6 Å². The molecule has 4 rings (SSSR count). The predicted octanol–water partition coefficient (Wildman–Crippen LogP) is 3.42. The number of ether oxygens (including phenoxy) is 1. The van der Waals surface area contributed by atoms with Gasteiger partial charge in [0.2, 0.25) is 0 Å². The Hall–Kier alpha value is -2.71. The Morgan fingerprint density at radius 2 is 2.07 bits per heavy atom. The Kier molecular flexibility index (Phi) is 4.92. The van der Waals surface area contributed by atoms with Crippen LogP contribution in [0.15, 0.2) is 18.3 Å². The Morgan fingerprint density at radius 1 is 1.34 bits per heavy atom. The maximum Gasteiger partial charge on any atom is 0.387 e. The molecule has 0 saturated heterocycles. The number of benzene rings is 1. The highest BCUT2D eigenvalue weighted by molar-refractivity contribution is 6.06. The molecule has 0 bridgehead atoms. The van der Waals surface area contributed by atoms with E-state index in [1.54, 1.807) is 4.68 Å². The van der Waals surface area contributed by atoms with E-state index in [1.165, 1.54) is 18.3 Å². The summed E-state index contributed by atoms with van der Waals surface area (Å²) in [5.74, 6) is -0.956. The van der Waals surface area contributed by atoms with Gasteiger partial charge in [-0.1, -0.05) is 0 Å². The van der Waals surface area contributed by atoms with Gasteiger partial charge in [0.1, 0.15) is 5.75 Å². The zero-order valence-corrected chi connectivity index (χ0v) is 16.0. The van der Waals surface area contributed by atoms with Crippen LogP contribution in [-0.2, 0) is 11.3 Å². The number of nitrogens with one attached hydrogen (secondary N) is 1. The molecule has 29 heavy (non-hydrogen) atoms. The van der Waals surface area contributed by atoms with E-state index >= 15 is 0 Å². The molecule has 1 amide bonds. The highest BCUT2D eigenvalue weighted by Crippen LogP contribution is 2.59. The lowest BCUT2D eigenvalue weighted by atomic mass is 9.49. The monoisotopic (exact) mass is 407 g/mol. The van der Waals surface area contributed by atoms with Gasteiger partial charge in [0.25, 0.3) is 5.91 Å². The normalized spacial score (nSPS) is 25.7. The van der Waals surface area contributed by atoms with Crippen LogP contribution in [0.2, 0.25) is 0 Å². The minimum Gasteiger partial charge on any atom is -0.481 e. The van der Waals surface area contributed by atoms with Gasteiger partial charge in [-0.25, -0.2) is 0 Å². The van der Waals surface area contributed by atoms with E-state index < -0.39 is 12.6 Å². The average molecular weight is 407 g/mol. The fraction of sp³-hybridized carbons (Fsp3) is 0.550. The Morgan fingerprint density at radius 3 is 2.69 bits per heavy atom. The van der Waals surface area contributed by atoms with Crippen molar-refractivity contribution in [2.24, 2.45) is 11.3 Å². The third kappa shape index (κ3) is 3.77. The number of aliphatic carboxylic acids is 1. The van der Waals surface area contributed by atoms with Gasteiger partial charge in [-0.2, -0.15) is 13.9 Å². The van der Waals surface area contributed by atoms with Crippen molar-refractivity contribution in [1.82, 2.24) is 15.1 Å². The molecule has 2 aliphatic rings. The third-order valence-corrected chi connectivity index (χ3v) is 6.08. The number of aromatic nitrogens is 2. The lowest BCUT2D eigenvalue weighted by Crippen LogP contribution is -2.56. The van der Waals surface area contributed by atoms with Gasteiger partial charge in [0.05, 0.1) is 17.3 Å². The van der Waals surface area contributed by atoms with Crippen molar-refractivity contribution in [3.63, 3.8) is 0 Å². The van der Waals surface area contributed by atoms with Gasteiger partial charge in [0.15, 0.2) is 0 Å². The summed E-state index contributed by atoms with van der Waals surface area (Å²) in [7, 11) is 0. The molecule has 2 fully saturated rings. The number of amides is 1. The van der Waals surface area contributed by atoms with Crippen LogP contribution in [0.25, 0.3) is 10.9 Å². The van der Waals surface area contributed by atoms with Crippen LogP contribution in [0, 0.1) is 11.3 Å². The van der Waals surface area contributed by atoms with Gasteiger partial charge in [-0.05, 0) is 56.1 Å². The molecule has 1 aromatic carbocycles. The first kappa shape index (κ1) is 19.6. The molecule has 0 atom stereocenters. The second-order valence-electron chi connectivity index (χ2n) is 8.20. The Balaban J connectivity index is 1.46. The molecule has 2 N–H and O–H groups in total. The van der Waals surface area contributed by atoms with Crippen LogP contribution in [0.1, 0.15) is 49.4 Å². The van der Waals surface area contributed by atoms with Crippen molar-refractivity contribution < 1.29 is 28.2 Å². The molecule has 1 aromatic heterocycles. The zero-order valence-electron chi connectivity index (χ0n) is 16.0. The van der Waals surface area contributed by atoms with E-state index in [2.05, 4.69) is 15.2 Å². The highest BCUT2D eigenvalue weighted by Gasteiger charge is 2.53. The number of halogens is 2. The van der Waals surface area contributed by atoms with Crippen molar-refractivity contribution in [2.45, 2.75) is 58.2 Å². The third-order valence-electron chi connectivity index (χ3n) is 6.08. The van der Waals surface area contributed by atoms with Crippen LogP contribution < -0.4 is 10.1 Å². The Bertz CT molecular complexity index is 945. The minimum absolute atomic E-state index is 0.000925. The second-order valence-corrected chi connectivity index (χ2v) is 8.20. The van der Waals surface area contributed by atoms with Gasteiger partial charge in [0, 0.05) is 24.4 Å². The van der Waals surface area contributed by atoms with Gasteiger partial charge < -0.3 is 15.2 Å². The van der Waals surface area contributed by atoms with Crippen molar-refractivity contribution in [2.75, 3.05) is 0 Å². The van der Waals surface area contributed by atoms with Crippen molar-refractivity contribution in [1.29, 1.82) is 0 Å². The Labute approximate surface area is 166 Å². The van der Waals surface area contributed by atoms with Crippen LogP contribution in [0.3, 0.4) is 0 Å². The SMILES string of the molecule is CCn1ncc2cc(OC(F)F)cc(C(=O)NC3CC4(CC(CC(=O)O)C4)C3)c21. The van der Waals surface area contributed by atoms with Crippen molar-refractivity contribution in [3.05, 3.63) is 23.9 Å². The first-order chi connectivity index (χ1) is 13.8. The topological polar surface area (TPSA) is 93.5 Å². The van der Waals surface area contributed by atoms with Gasteiger partial charge in [-0.15, -0.1) is 0 Å². The highest BCUT2D eigenvalue weighted by atomic mass is 19.3. The molecule has 0 unspecified atom stereocenters. The number of nitrogens with zero attached hydrogens (tertiary/aromatic N) is 2. The molecule has 1 heterocycles. The van der Waals surface area contributed by atoms with Crippen molar-refractivity contribution >= 4 is 22.8 Å². The predicted molar refractivity (Wildman–Crippen MR) is 99.9 cm³/mol. The molecule has 7 nitrogen and oxygen atoms in total.